The van der Waals surface area contributed by atoms with Crippen LogP contribution in [-0.2, 0) is 0 Å². The molecule has 0 amide bonds. The maximum atomic E-state index is 9.84. The van der Waals surface area contributed by atoms with E-state index in [-0.39, 0.29) is 5.69 Å². The van der Waals surface area contributed by atoms with Crippen LogP contribution in [-0.4, -0.2) is 19.6 Å². The molecule has 1 N–H and O–H groups in total. The molecule has 25 heavy (non-hydrogen) atoms. The van der Waals surface area contributed by atoms with Crippen molar-refractivity contribution in [1.29, 1.82) is 0 Å². The second-order valence-corrected chi connectivity index (χ2v) is 5.75. The average Bonchev–Trinajstić information content (AvgIpc) is 3.28. The lowest BCUT2D eigenvalue weighted by molar-refractivity contribution is 0.279. The Bertz CT molecular complexity index is 1010. The Kier molecular flexibility index (Phi) is 4.01. The summed E-state index contributed by atoms with van der Waals surface area (Å²) in [6.45, 7) is 0. The van der Waals surface area contributed by atoms with Crippen molar-refractivity contribution < 1.29 is 9.63 Å². The summed E-state index contributed by atoms with van der Waals surface area (Å²) in [7, 11) is 0. The van der Waals surface area contributed by atoms with Gasteiger partial charge >= 0.3 is 5.95 Å². The zero-order chi connectivity index (χ0) is 17.1. The van der Waals surface area contributed by atoms with Gasteiger partial charge < -0.3 is 9.63 Å². The number of aromatic hydroxyl groups is 1. The molecule has 4 rings (SSSR count). The Morgan fingerprint density at radius 2 is 1.56 bits per heavy atom. The van der Waals surface area contributed by atoms with Gasteiger partial charge in [-0.2, -0.15) is 9.36 Å². The van der Waals surface area contributed by atoms with E-state index < -0.39 is 5.95 Å². The summed E-state index contributed by atoms with van der Waals surface area (Å²) in [6, 6.07) is 18.9. The zero-order valence-corrected chi connectivity index (χ0v) is 13.6. The van der Waals surface area contributed by atoms with Gasteiger partial charge in [0.05, 0.1) is 0 Å². The Morgan fingerprint density at radius 1 is 0.880 bits per heavy atom. The van der Waals surface area contributed by atoms with E-state index in [1.165, 1.54) is 0 Å². The number of hydrogen-bond donors (Lipinski definition) is 1. The third-order valence-corrected chi connectivity index (χ3v) is 3.98. The zero-order valence-electron chi connectivity index (χ0n) is 12.8. The number of benzene rings is 2. The van der Waals surface area contributed by atoms with Crippen LogP contribution in [0.4, 0.5) is 10.8 Å². The molecule has 0 radical (unpaired) electrons. The highest BCUT2D eigenvalue weighted by Gasteiger charge is 2.17. The minimum atomic E-state index is -0.393. The molecule has 0 saturated heterocycles. The lowest BCUT2D eigenvalue weighted by Crippen LogP contribution is -1.78. The standard InChI is InChI=1S/C17H11N5O2S/c23-16-14(13(21-24-16)11-7-3-1-4-8-11)19-20-17-18-15(22-25-17)12-9-5-2-6-10-12/h1-10,23H. The average molecular weight is 349 g/mol. The van der Waals surface area contributed by atoms with E-state index in [0.717, 1.165) is 22.7 Å². The van der Waals surface area contributed by atoms with E-state index in [1.54, 1.807) is 0 Å². The molecule has 7 nitrogen and oxygen atoms in total. The fourth-order valence-corrected chi connectivity index (χ4v) is 2.72. The van der Waals surface area contributed by atoms with Crippen LogP contribution < -0.4 is 0 Å². The van der Waals surface area contributed by atoms with Crippen molar-refractivity contribution in [1.82, 2.24) is 14.5 Å². The first kappa shape index (κ1) is 15.2. The number of aromatic nitrogens is 3. The molecular formula is C17H11N5O2S. The van der Waals surface area contributed by atoms with Gasteiger partial charge in [-0.25, -0.2) is 0 Å². The lowest BCUT2D eigenvalue weighted by Gasteiger charge is -1.95. The summed E-state index contributed by atoms with van der Waals surface area (Å²) in [6.07, 6.45) is 0. The molecule has 8 heteroatoms. The van der Waals surface area contributed by atoms with E-state index >= 15 is 0 Å². The predicted octanol–water partition coefficient (Wildman–Crippen LogP) is 4.98. The van der Waals surface area contributed by atoms with Crippen molar-refractivity contribution in [3.05, 3.63) is 60.7 Å². The van der Waals surface area contributed by atoms with Crippen molar-refractivity contribution in [2.75, 3.05) is 0 Å². The van der Waals surface area contributed by atoms with Gasteiger partial charge in [0.15, 0.2) is 11.5 Å². The molecule has 0 saturated carbocycles. The molecule has 4 aromatic rings. The van der Waals surface area contributed by atoms with E-state index in [2.05, 4.69) is 24.7 Å². The molecule has 0 fully saturated rings. The van der Waals surface area contributed by atoms with Gasteiger partial charge in [-0.1, -0.05) is 65.8 Å². The smallest absolute Gasteiger partial charge is 0.337 e. The Labute approximate surface area is 146 Å². The fraction of sp³-hybridized carbons (Fsp3) is 0. The molecule has 2 heterocycles. The van der Waals surface area contributed by atoms with Crippen LogP contribution >= 0.6 is 11.5 Å². The quantitative estimate of drug-likeness (QED) is 0.524. The van der Waals surface area contributed by atoms with Crippen LogP contribution in [0.2, 0.25) is 0 Å². The lowest BCUT2D eigenvalue weighted by atomic mass is 10.1. The molecule has 0 unspecified atom stereocenters. The fourth-order valence-electron chi connectivity index (χ4n) is 2.21. The molecule has 0 aliphatic rings. The van der Waals surface area contributed by atoms with E-state index in [4.69, 9.17) is 4.52 Å². The third-order valence-electron chi connectivity index (χ3n) is 3.38. The topological polar surface area (TPSA) is 96.8 Å². The van der Waals surface area contributed by atoms with Gasteiger partial charge in [-0.05, 0) is 0 Å². The van der Waals surface area contributed by atoms with Crippen molar-refractivity contribution in [2.45, 2.75) is 0 Å². The van der Waals surface area contributed by atoms with Gasteiger partial charge in [-0.15, -0.1) is 10.2 Å². The normalized spacial score (nSPS) is 11.2. The number of hydrogen-bond acceptors (Lipinski definition) is 8. The first-order valence-electron chi connectivity index (χ1n) is 7.36. The Hall–Kier alpha value is -3.39. The minimum absolute atomic E-state index is 0.155. The number of nitrogens with zero attached hydrogens (tertiary/aromatic N) is 5. The highest BCUT2D eigenvalue weighted by molar-refractivity contribution is 7.09. The van der Waals surface area contributed by atoms with E-state index in [1.807, 2.05) is 60.7 Å². The predicted molar refractivity (Wildman–Crippen MR) is 93.1 cm³/mol. The first-order chi connectivity index (χ1) is 12.3. The Morgan fingerprint density at radius 3 is 2.28 bits per heavy atom. The number of azo groups is 1. The summed E-state index contributed by atoms with van der Waals surface area (Å²) < 4.78 is 9.10. The maximum Gasteiger partial charge on any atom is 0.337 e. The summed E-state index contributed by atoms with van der Waals surface area (Å²) in [4.78, 5) is 4.33. The van der Waals surface area contributed by atoms with Gasteiger partial charge in [0.1, 0.15) is 5.69 Å². The highest BCUT2D eigenvalue weighted by atomic mass is 32.1. The third kappa shape index (κ3) is 3.15. The van der Waals surface area contributed by atoms with Crippen LogP contribution in [0.15, 0.2) is 75.4 Å². The molecule has 2 aromatic carbocycles. The van der Waals surface area contributed by atoms with Gasteiger partial charge in [0.25, 0.3) is 0 Å². The molecule has 0 aliphatic heterocycles. The second-order valence-electron chi connectivity index (χ2n) is 5.02. The summed E-state index contributed by atoms with van der Waals surface area (Å²) in [5.74, 6) is 0.188. The van der Waals surface area contributed by atoms with Crippen molar-refractivity contribution in [3.63, 3.8) is 0 Å². The van der Waals surface area contributed by atoms with Crippen LogP contribution in [0.3, 0.4) is 0 Å². The van der Waals surface area contributed by atoms with Gasteiger partial charge in [-0.3, -0.25) is 0 Å². The van der Waals surface area contributed by atoms with Crippen LogP contribution in [0, 0.1) is 0 Å². The van der Waals surface area contributed by atoms with Crippen LogP contribution in [0.5, 0.6) is 5.95 Å². The molecule has 0 aliphatic carbocycles. The monoisotopic (exact) mass is 349 g/mol. The SMILES string of the molecule is Oc1onc(-c2ccccc2)c1N=Nc1nc(-c2ccccc2)ns1. The minimum Gasteiger partial charge on any atom is -0.478 e. The summed E-state index contributed by atoms with van der Waals surface area (Å²) in [5.41, 5.74) is 2.23. The van der Waals surface area contributed by atoms with Crippen LogP contribution in [0.1, 0.15) is 0 Å². The second kappa shape index (κ2) is 6.62. The largest absolute Gasteiger partial charge is 0.478 e. The number of rotatable bonds is 4. The van der Waals surface area contributed by atoms with Crippen LogP contribution in [0.25, 0.3) is 22.6 Å². The summed E-state index contributed by atoms with van der Waals surface area (Å²) >= 11 is 1.12. The Balaban J connectivity index is 1.63. The van der Waals surface area contributed by atoms with E-state index in [0.29, 0.717) is 16.6 Å². The molecule has 0 atom stereocenters. The summed E-state index contributed by atoms with van der Waals surface area (Å²) in [5, 5.41) is 22.1. The molecular weight excluding hydrogens is 338 g/mol. The van der Waals surface area contributed by atoms with E-state index in [9.17, 15) is 5.11 Å². The highest BCUT2D eigenvalue weighted by Crippen LogP contribution is 2.38. The molecule has 122 valence electrons. The van der Waals surface area contributed by atoms with Crippen molar-refractivity contribution in [2.24, 2.45) is 10.2 Å². The molecule has 2 aromatic heterocycles. The van der Waals surface area contributed by atoms with Gasteiger partial charge in [0, 0.05) is 22.7 Å². The van der Waals surface area contributed by atoms with Crippen molar-refractivity contribution in [3.8, 4) is 28.6 Å². The maximum absolute atomic E-state index is 9.84. The first-order valence-corrected chi connectivity index (χ1v) is 8.13. The van der Waals surface area contributed by atoms with Crippen molar-refractivity contribution >= 4 is 22.4 Å². The molecule has 0 spiro atoms. The molecule has 0 bridgehead atoms. The van der Waals surface area contributed by atoms with Gasteiger partial charge in [0.2, 0.25) is 5.13 Å².